The van der Waals surface area contributed by atoms with Crippen LogP contribution in [0.5, 0.6) is 0 Å². The van der Waals surface area contributed by atoms with Crippen LogP contribution >= 0.6 is 0 Å². The van der Waals surface area contributed by atoms with Gasteiger partial charge in [0.2, 0.25) is 5.54 Å². The molecule has 1 atom stereocenters. The Morgan fingerprint density at radius 2 is 1.92 bits per heavy atom. The number of nitro groups is 1. The van der Waals surface area contributed by atoms with Crippen molar-refractivity contribution in [2.45, 2.75) is 51.3 Å². The number of hydrogen-bond acceptors (Lipinski definition) is 6. The van der Waals surface area contributed by atoms with E-state index in [1.54, 1.807) is 0 Å². The number of carbonyl (C=O) groups is 2. The molecular weight excluding hydrogens is 328 g/mol. The van der Waals surface area contributed by atoms with Crippen LogP contribution in [0.2, 0.25) is 0 Å². The summed E-state index contributed by atoms with van der Waals surface area (Å²) in [5, 5.41) is 13.4. The third kappa shape index (κ3) is 7.19. The van der Waals surface area contributed by atoms with E-state index in [4.69, 9.17) is 4.74 Å². The van der Waals surface area contributed by atoms with Crippen molar-refractivity contribution in [2.75, 3.05) is 7.11 Å². The predicted octanol–water partition coefficient (Wildman–Crippen LogP) is 2.68. The summed E-state index contributed by atoms with van der Waals surface area (Å²) in [5.41, 5.74) is -0.269. The fraction of sp³-hybridized carbons (Fsp3) is 0.529. The number of alkyl carbamates (subject to hydrolysis) is 1. The molecule has 0 unspecified atom stereocenters. The first kappa shape index (κ1) is 20.4. The molecule has 0 fully saturated rings. The smallest absolute Gasteiger partial charge is 0.408 e. The standard InChI is InChI=1S/C17H24N2O6/c1-17(2,19(22)23)11-7-10-14(15(20)24-3)18-16(21)25-12-13-8-5-4-6-9-13/h4-6,8-9,14H,7,10-12H2,1-3H3,(H,18,21)/t14-/m0/s1. The molecule has 1 rings (SSSR count). The van der Waals surface area contributed by atoms with Crippen molar-refractivity contribution in [3.05, 3.63) is 46.0 Å². The third-order valence-corrected chi connectivity index (χ3v) is 3.77. The molecule has 0 spiro atoms. The molecule has 0 aromatic heterocycles. The number of carbonyl (C=O) groups excluding carboxylic acids is 2. The fourth-order valence-electron chi connectivity index (χ4n) is 2.13. The minimum atomic E-state index is -1.09. The summed E-state index contributed by atoms with van der Waals surface area (Å²) in [4.78, 5) is 34.2. The highest BCUT2D eigenvalue weighted by Crippen LogP contribution is 2.18. The lowest BCUT2D eigenvalue weighted by Crippen LogP contribution is -2.42. The van der Waals surface area contributed by atoms with Crippen molar-refractivity contribution < 1.29 is 24.0 Å². The number of nitrogens with zero attached hydrogens (tertiary/aromatic N) is 1. The molecule has 8 heteroatoms. The molecule has 1 aromatic carbocycles. The van der Waals surface area contributed by atoms with E-state index in [1.807, 2.05) is 30.3 Å². The lowest BCUT2D eigenvalue weighted by atomic mass is 9.96. The topological polar surface area (TPSA) is 108 Å². The normalized spacial score (nSPS) is 12.1. The molecule has 138 valence electrons. The molecular formula is C17H24N2O6. The molecule has 1 aromatic rings. The maximum Gasteiger partial charge on any atom is 0.408 e. The van der Waals surface area contributed by atoms with Gasteiger partial charge >= 0.3 is 12.1 Å². The summed E-state index contributed by atoms with van der Waals surface area (Å²) in [6.07, 6.45) is 0.137. The van der Waals surface area contributed by atoms with Crippen molar-refractivity contribution in [1.29, 1.82) is 0 Å². The van der Waals surface area contributed by atoms with Gasteiger partial charge in [-0.2, -0.15) is 0 Å². The number of amides is 1. The van der Waals surface area contributed by atoms with E-state index in [1.165, 1.54) is 21.0 Å². The SMILES string of the molecule is COC(=O)[C@H](CCCC(C)(C)[N+](=O)[O-])NC(=O)OCc1ccccc1. The average molecular weight is 352 g/mol. The fourth-order valence-corrected chi connectivity index (χ4v) is 2.13. The van der Waals surface area contributed by atoms with Crippen LogP contribution in [0.1, 0.15) is 38.7 Å². The Morgan fingerprint density at radius 3 is 2.48 bits per heavy atom. The first-order valence-corrected chi connectivity index (χ1v) is 7.96. The Balaban J connectivity index is 2.50. The van der Waals surface area contributed by atoms with Crippen molar-refractivity contribution >= 4 is 12.1 Å². The second kappa shape index (κ2) is 9.61. The van der Waals surface area contributed by atoms with Crippen LogP contribution in [0.15, 0.2) is 30.3 Å². The van der Waals surface area contributed by atoms with Crippen molar-refractivity contribution in [3.63, 3.8) is 0 Å². The molecule has 25 heavy (non-hydrogen) atoms. The van der Waals surface area contributed by atoms with Crippen LogP contribution in [0, 0.1) is 10.1 Å². The van der Waals surface area contributed by atoms with Gasteiger partial charge in [-0.15, -0.1) is 0 Å². The lowest BCUT2D eigenvalue weighted by Gasteiger charge is -2.19. The largest absolute Gasteiger partial charge is 0.467 e. The molecule has 8 nitrogen and oxygen atoms in total. The Hall–Kier alpha value is -2.64. The molecule has 0 aliphatic heterocycles. The first-order valence-electron chi connectivity index (χ1n) is 7.96. The van der Waals surface area contributed by atoms with Crippen LogP contribution in [0.4, 0.5) is 4.79 Å². The van der Waals surface area contributed by atoms with Crippen LogP contribution < -0.4 is 5.32 Å². The minimum absolute atomic E-state index is 0.0783. The van der Waals surface area contributed by atoms with E-state index in [0.717, 1.165) is 5.56 Å². The molecule has 1 amide bonds. The first-order chi connectivity index (χ1) is 11.8. The van der Waals surface area contributed by atoms with Gasteiger partial charge in [0.25, 0.3) is 0 Å². The molecule has 1 N–H and O–H groups in total. The summed E-state index contributed by atoms with van der Waals surface area (Å²) < 4.78 is 9.74. The number of rotatable bonds is 9. The zero-order valence-electron chi connectivity index (χ0n) is 14.7. The van der Waals surface area contributed by atoms with E-state index in [9.17, 15) is 19.7 Å². The van der Waals surface area contributed by atoms with Crippen LogP contribution in [-0.4, -0.2) is 35.7 Å². The molecule has 0 aliphatic carbocycles. The highest BCUT2D eigenvalue weighted by molar-refractivity contribution is 5.81. The molecule has 0 saturated heterocycles. The van der Waals surface area contributed by atoms with Crippen molar-refractivity contribution in [1.82, 2.24) is 5.32 Å². The second-order valence-corrected chi connectivity index (χ2v) is 6.24. The number of nitrogens with one attached hydrogen (secondary N) is 1. The summed E-state index contributed by atoms with van der Waals surface area (Å²) >= 11 is 0. The maximum absolute atomic E-state index is 11.9. The predicted molar refractivity (Wildman–Crippen MR) is 90.5 cm³/mol. The number of benzene rings is 1. The third-order valence-electron chi connectivity index (χ3n) is 3.77. The molecule has 0 radical (unpaired) electrons. The van der Waals surface area contributed by atoms with Gasteiger partial charge in [0.05, 0.1) is 7.11 Å². The number of hydrogen-bond donors (Lipinski definition) is 1. The van der Waals surface area contributed by atoms with E-state index >= 15 is 0 Å². The summed E-state index contributed by atoms with van der Waals surface area (Å²) in [5.74, 6) is -0.615. The number of ether oxygens (including phenoxy) is 2. The summed E-state index contributed by atoms with van der Waals surface area (Å²) in [7, 11) is 1.22. The Kier molecular flexibility index (Phi) is 7.84. The van der Waals surface area contributed by atoms with Gasteiger partial charge in [-0.1, -0.05) is 30.3 Å². The molecule has 0 heterocycles. The van der Waals surface area contributed by atoms with Crippen molar-refractivity contribution in [2.24, 2.45) is 0 Å². The zero-order chi connectivity index (χ0) is 18.9. The summed E-state index contributed by atoms with van der Waals surface area (Å²) in [6, 6.07) is 8.21. The lowest BCUT2D eigenvalue weighted by molar-refractivity contribution is -0.561. The van der Waals surface area contributed by atoms with Gasteiger partial charge in [0.15, 0.2) is 0 Å². The van der Waals surface area contributed by atoms with Gasteiger partial charge in [-0.25, -0.2) is 9.59 Å². The van der Waals surface area contributed by atoms with Crippen LogP contribution in [-0.2, 0) is 20.9 Å². The van der Waals surface area contributed by atoms with E-state index in [2.05, 4.69) is 10.1 Å². The van der Waals surface area contributed by atoms with Gasteiger partial charge < -0.3 is 14.8 Å². The minimum Gasteiger partial charge on any atom is -0.467 e. The number of esters is 1. The van der Waals surface area contributed by atoms with Gasteiger partial charge in [-0.05, 0) is 18.4 Å². The van der Waals surface area contributed by atoms with Crippen molar-refractivity contribution in [3.8, 4) is 0 Å². The second-order valence-electron chi connectivity index (χ2n) is 6.24. The quantitative estimate of drug-likeness (QED) is 0.416. The Labute approximate surface area is 146 Å². The monoisotopic (exact) mass is 352 g/mol. The van der Waals surface area contributed by atoms with E-state index < -0.39 is 23.6 Å². The van der Waals surface area contributed by atoms with Gasteiger partial charge in [0.1, 0.15) is 12.6 Å². The van der Waals surface area contributed by atoms with E-state index in [0.29, 0.717) is 6.42 Å². The average Bonchev–Trinajstić information content (AvgIpc) is 2.59. The van der Waals surface area contributed by atoms with E-state index in [-0.39, 0.29) is 24.4 Å². The molecule has 0 bridgehead atoms. The highest BCUT2D eigenvalue weighted by atomic mass is 16.6. The Bertz CT molecular complexity index is 588. The summed E-state index contributed by atoms with van der Waals surface area (Å²) in [6.45, 7) is 3.11. The van der Waals surface area contributed by atoms with Gasteiger partial charge in [-0.3, -0.25) is 10.1 Å². The van der Waals surface area contributed by atoms with Crippen LogP contribution in [0.3, 0.4) is 0 Å². The molecule has 0 aliphatic rings. The Morgan fingerprint density at radius 1 is 1.28 bits per heavy atom. The highest BCUT2D eigenvalue weighted by Gasteiger charge is 2.31. The molecule has 0 saturated carbocycles. The van der Waals surface area contributed by atoms with Crippen LogP contribution in [0.25, 0.3) is 0 Å². The number of methoxy groups -OCH3 is 1. The van der Waals surface area contributed by atoms with Gasteiger partial charge in [0, 0.05) is 25.2 Å². The maximum atomic E-state index is 11.9. The zero-order valence-corrected chi connectivity index (χ0v) is 14.7.